The minimum Gasteiger partial charge on any atom is -0.332 e. The summed E-state index contributed by atoms with van der Waals surface area (Å²) in [6, 6.07) is 1.64. The van der Waals surface area contributed by atoms with Gasteiger partial charge in [-0.3, -0.25) is 4.79 Å². The molecule has 0 saturated heterocycles. The number of amides is 1. The Hall–Kier alpha value is -1.51. The lowest BCUT2D eigenvalue weighted by Crippen LogP contribution is -2.33. The fourth-order valence-corrected chi connectivity index (χ4v) is 1.27. The summed E-state index contributed by atoms with van der Waals surface area (Å²) in [5, 5.41) is 10.3. The molecule has 0 spiro atoms. The fraction of sp³-hybridized carbons (Fsp3) is 0.500. The summed E-state index contributed by atoms with van der Waals surface area (Å²) in [5.74, 6) is -1.52. The quantitative estimate of drug-likeness (QED) is 0.703. The van der Waals surface area contributed by atoms with E-state index in [1.165, 1.54) is 0 Å². The standard InChI is InChI=1S/C8H7F3N2O/c9-8(10,11)6-4-13-7(14)3-5(6)1-2-12/h4-5H,1,3H2,(H,13,14). The van der Waals surface area contributed by atoms with E-state index in [0.29, 0.717) is 6.20 Å². The molecule has 0 aliphatic carbocycles. The number of nitrogens with zero attached hydrogens (tertiary/aromatic N) is 1. The zero-order chi connectivity index (χ0) is 10.8. The van der Waals surface area contributed by atoms with E-state index < -0.39 is 23.6 Å². The number of rotatable bonds is 1. The predicted octanol–water partition coefficient (Wildman–Crippen LogP) is 1.48. The Bertz CT molecular complexity index is 314. The zero-order valence-electron chi connectivity index (χ0n) is 7.06. The first-order valence-electron chi connectivity index (χ1n) is 3.88. The van der Waals surface area contributed by atoms with Crippen molar-refractivity contribution in [1.82, 2.24) is 5.32 Å². The monoisotopic (exact) mass is 204 g/mol. The molecule has 1 aliphatic rings. The van der Waals surface area contributed by atoms with Gasteiger partial charge in [0.15, 0.2) is 0 Å². The Morgan fingerprint density at radius 3 is 2.79 bits per heavy atom. The lowest BCUT2D eigenvalue weighted by molar-refractivity contribution is -0.124. The first kappa shape index (κ1) is 10.6. The summed E-state index contributed by atoms with van der Waals surface area (Å²) in [6.45, 7) is 0. The third-order valence-corrected chi connectivity index (χ3v) is 1.93. The molecule has 0 fully saturated rings. The Labute approximate surface area is 78.2 Å². The molecule has 1 unspecified atom stereocenters. The highest BCUT2D eigenvalue weighted by molar-refractivity contribution is 5.79. The Balaban J connectivity index is 2.90. The minimum atomic E-state index is -4.48. The highest BCUT2D eigenvalue weighted by Crippen LogP contribution is 2.35. The first-order valence-corrected chi connectivity index (χ1v) is 3.88. The van der Waals surface area contributed by atoms with Crippen molar-refractivity contribution in [2.45, 2.75) is 19.0 Å². The number of nitrogens with one attached hydrogen (secondary N) is 1. The molecule has 1 heterocycles. The summed E-state index contributed by atoms with van der Waals surface area (Å²) >= 11 is 0. The van der Waals surface area contributed by atoms with Crippen LogP contribution < -0.4 is 5.32 Å². The average Bonchev–Trinajstić information content (AvgIpc) is 2.02. The number of halogens is 3. The van der Waals surface area contributed by atoms with Crippen LogP contribution in [0.5, 0.6) is 0 Å². The fourth-order valence-electron chi connectivity index (χ4n) is 1.27. The average molecular weight is 204 g/mol. The third-order valence-electron chi connectivity index (χ3n) is 1.93. The topological polar surface area (TPSA) is 52.9 Å². The number of carbonyl (C=O) groups is 1. The van der Waals surface area contributed by atoms with Crippen LogP contribution in [-0.4, -0.2) is 12.1 Å². The van der Waals surface area contributed by atoms with E-state index in [4.69, 9.17) is 5.26 Å². The van der Waals surface area contributed by atoms with Crippen molar-refractivity contribution in [3.63, 3.8) is 0 Å². The van der Waals surface area contributed by atoms with Gasteiger partial charge in [0.2, 0.25) is 5.91 Å². The van der Waals surface area contributed by atoms with Crippen molar-refractivity contribution in [2.75, 3.05) is 0 Å². The van der Waals surface area contributed by atoms with E-state index >= 15 is 0 Å². The zero-order valence-corrected chi connectivity index (χ0v) is 7.06. The summed E-state index contributed by atoms with van der Waals surface area (Å²) in [6.07, 6.45) is -4.40. The van der Waals surface area contributed by atoms with Crippen LogP contribution in [0.2, 0.25) is 0 Å². The number of hydrogen-bond donors (Lipinski definition) is 1. The molecule has 1 aliphatic heterocycles. The molecule has 0 aromatic rings. The summed E-state index contributed by atoms with van der Waals surface area (Å²) < 4.78 is 36.9. The minimum absolute atomic E-state index is 0.279. The van der Waals surface area contributed by atoms with E-state index in [1.807, 2.05) is 5.32 Å². The largest absolute Gasteiger partial charge is 0.414 e. The summed E-state index contributed by atoms with van der Waals surface area (Å²) in [5.41, 5.74) is -0.835. The van der Waals surface area contributed by atoms with Crippen LogP contribution in [0.1, 0.15) is 12.8 Å². The number of alkyl halides is 3. The molecular formula is C8H7F3N2O. The van der Waals surface area contributed by atoms with Crippen LogP contribution >= 0.6 is 0 Å². The van der Waals surface area contributed by atoms with Gasteiger partial charge in [0.25, 0.3) is 0 Å². The van der Waals surface area contributed by atoms with E-state index in [9.17, 15) is 18.0 Å². The number of nitriles is 1. The molecule has 3 nitrogen and oxygen atoms in total. The second-order valence-corrected chi connectivity index (χ2v) is 2.93. The van der Waals surface area contributed by atoms with Gasteiger partial charge in [0.05, 0.1) is 11.6 Å². The van der Waals surface area contributed by atoms with E-state index in [2.05, 4.69) is 0 Å². The van der Waals surface area contributed by atoms with Gasteiger partial charge in [-0.1, -0.05) is 0 Å². The van der Waals surface area contributed by atoms with Gasteiger partial charge >= 0.3 is 6.18 Å². The summed E-state index contributed by atoms with van der Waals surface area (Å²) in [7, 11) is 0. The van der Waals surface area contributed by atoms with Gasteiger partial charge in [0, 0.05) is 25.0 Å². The number of hydrogen-bond acceptors (Lipinski definition) is 2. The summed E-state index contributed by atoms with van der Waals surface area (Å²) in [4.78, 5) is 10.8. The van der Waals surface area contributed by atoms with Crippen molar-refractivity contribution < 1.29 is 18.0 Å². The van der Waals surface area contributed by atoms with Crippen LogP contribution in [0, 0.1) is 17.2 Å². The lowest BCUT2D eigenvalue weighted by Gasteiger charge is -2.23. The number of allylic oxidation sites excluding steroid dienone is 1. The molecule has 1 N–H and O–H groups in total. The van der Waals surface area contributed by atoms with Crippen molar-refractivity contribution in [2.24, 2.45) is 5.92 Å². The van der Waals surface area contributed by atoms with Gasteiger partial charge in [-0.15, -0.1) is 0 Å². The second kappa shape index (κ2) is 3.70. The molecule has 6 heteroatoms. The highest BCUT2D eigenvalue weighted by atomic mass is 19.4. The highest BCUT2D eigenvalue weighted by Gasteiger charge is 2.41. The van der Waals surface area contributed by atoms with Gasteiger partial charge in [-0.05, 0) is 0 Å². The van der Waals surface area contributed by atoms with Gasteiger partial charge in [-0.25, -0.2) is 0 Å². The van der Waals surface area contributed by atoms with Crippen LogP contribution in [0.15, 0.2) is 11.8 Å². The molecule has 0 aromatic carbocycles. The van der Waals surface area contributed by atoms with Crippen molar-refractivity contribution in [3.8, 4) is 6.07 Å². The van der Waals surface area contributed by atoms with E-state index in [1.54, 1.807) is 6.07 Å². The van der Waals surface area contributed by atoms with Crippen molar-refractivity contribution in [3.05, 3.63) is 11.8 Å². The molecular weight excluding hydrogens is 197 g/mol. The van der Waals surface area contributed by atoms with E-state index in [-0.39, 0.29) is 12.8 Å². The lowest BCUT2D eigenvalue weighted by atomic mass is 9.90. The van der Waals surface area contributed by atoms with Crippen LogP contribution in [0.25, 0.3) is 0 Å². The maximum Gasteiger partial charge on any atom is 0.414 e. The molecule has 1 amide bonds. The van der Waals surface area contributed by atoms with Crippen LogP contribution in [0.4, 0.5) is 13.2 Å². The molecule has 14 heavy (non-hydrogen) atoms. The van der Waals surface area contributed by atoms with Crippen LogP contribution in [-0.2, 0) is 4.79 Å². The normalized spacial score (nSPS) is 22.3. The Morgan fingerprint density at radius 2 is 2.29 bits per heavy atom. The van der Waals surface area contributed by atoms with Crippen molar-refractivity contribution in [1.29, 1.82) is 5.26 Å². The molecule has 0 radical (unpaired) electrons. The van der Waals surface area contributed by atoms with Crippen molar-refractivity contribution >= 4 is 5.91 Å². The predicted molar refractivity (Wildman–Crippen MR) is 40.6 cm³/mol. The molecule has 0 bridgehead atoms. The van der Waals surface area contributed by atoms with Crippen LogP contribution in [0.3, 0.4) is 0 Å². The maximum absolute atomic E-state index is 12.3. The first-order chi connectivity index (χ1) is 6.45. The molecule has 0 saturated carbocycles. The molecule has 76 valence electrons. The Kier molecular flexibility index (Phi) is 2.79. The van der Waals surface area contributed by atoms with E-state index in [0.717, 1.165) is 0 Å². The van der Waals surface area contributed by atoms with Gasteiger partial charge in [0.1, 0.15) is 0 Å². The SMILES string of the molecule is N#CCC1CC(=O)NC=C1C(F)(F)F. The van der Waals surface area contributed by atoms with Gasteiger partial charge in [-0.2, -0.15) is 18.4 Å². The molecule has 1 atom stereocenters. The smallest absolute Gasteiger partial charge is 0.332 e. The molecule has 0 aromatic heterocycles. The Morgan fingerprint density at radius 1 is 1.64 bits per heavy atom. The second-order valence-electron chi connectivity index (χ2n) is 2.93. The molecule has 1 rings (SSSR count). The maximum atomic E-state index is 12.3. The van der Waals surface area contributed by atoms with Gasteiger partial charge < -0.3 is 5.32 Å². The third kappa shape index (κ3) is 2.25. The number of carbonyl (C=O) groups excluding carboxylic acids is 1.